The largest absolute Gasteiger partial charge is 0.456 e. The van der Waals surface area contributed by atoms with E-state index in [0.29, 0.717) is 17.7 Å². The van der Waals surface area contributed by atoms with Crippen molar-refractivity contribution >= 4 is 11.0 Å². The molecule has 1 heterocycles. The van der Waals surface area contributed by atoms with Crippen LogP contribution in [0.2, 0.25) is 0 Å². The van der Waals surface area contributed by atoms with E-state index in [0.717, 1.165) is 18.2 Å². The molecule has 0 unspecified atom stereocenters. The highest BCUT2D eigenvalue weighted by Crippen LogP contribution is 2.33. The maximum atomic E-state index is 13.7. The van der Waals surface area contributed by atoms with Crippen molar-refractivity contribution in [2.24, 2.45) is 0 Å². The van der Waals surface area contributed by atoms with E-state index < -0.39 is 11.6 Å². The van der Waals surface area contributed by atoms with E-state index in [1.165, 1.54) is 6.07 Å². The summed E-state index contributed by atoms with van der Waals surface area (Å²) in [4.78, 5) is 0. The van der Waals surface area contributed by atoms with Crippen LogP contribution in [0.5, 0.6) is 0 Å². The van der Waals surface area contributed by atoms with Gasteiger partial charge in [0, 0.05) is 17.0 Å². The average molecular weight is 253 g/mol. The fourth-order valence-electron chi connectivity index (χ4n) is 2.20. The third-order valence-corrected chi connectivity index (χ3v) is 2.94. The van der Waals surface area contributed by atoms with Crippen LogP contribution in [0.25, 0.3) is 11.0 Å². The fourth-order valence-corrected chi connectivity index (χ4v) is 2.20. The van der Waals surface area contributed by atoms with E-state index in [2.05, 4.69) is 5.32 Å². The molecule has 0 aliphatic carbocycles. The number of hydrogen-bond acceptors (Lipinski definition) is 2. The van der Waals surface area contributed by atoms with E-state index in [1.807, 2.05) is 20.8 Å². The van der Waals surface area contributed by atoms with Crippen molar-refractivity contribution in [3.8, 4) is 0 Å². The predicted molar refractivity (Wildman–Crippen MR) is 67.6 cm³/mol. The van der Waals surface area contributed by atoms with E-state index in [4.69, 9.17) is 4.42 Å². The van der Waals surface area contributed by atoms with Crippen molar-refractivity contribution in [3.05, 3.63) is 35.1 Å². The second-order valence-corrected chi connectivity index (χ2v) is 4.64. The molecule has 1 aromatic heterocycles. The van der Waals surface area contributed by atoms with Crippen LogP contribution in [0, 0.1) is 11.6 Å². The van der Waals surface area contributed by atoms with Crippen LogP contribution < -0.4 is 5.32 Å². The first-order valence-electron chi connectivity index (χ1n) is 6.15. The lowest BCUT2D eigenvalue weighted by Crippen LogP contribution is -2.12. The maximum absolute atomic E-state index is 13.7. The smallest absolute Gasteiger partial charge is 0.170 e. The molecule has 0 saturated carbocycles. The molecule has 2 nitrogen and oxygen atoms in total. The van der Waals surface area contributed by atoms with Crippen molar-refractivity contribution in [2.45, 2.75) is 33.2 Å². The maximum Gasteiger partial charge on any atom is 0.170 e. The minimum Gasteiger partial charge on any atom is -0.456 e. The lowest BCUT2D eigenvalue weighted by Gasteiger charge is -2.06. The van der Waals surface area contributed by atoms with Crippen LogP contribution in [0.15, 0.2) is 16.5 Å². The van der Waals surface area contributed by atoms with Crippen LogP contribution in [0.3, 0.4) is 0 Å². The molecule has 1 N–H and O–H groups in total. The monoisotopic (exact) mass is 253 g/mol. The van der Waals surface area contributed by atoms with Crippen molar-refractivity contribution in [1.29, 1.82) is 0 Å². The summed E-state index contributed by atoms with van der Waals surface area (Å²) in [5, 5.41) is 3.68. The third kappa shape index (κ3) is 2.25. The zero-order chi connectivity index (χ0) is 13.3. The van der Waals surface area contributed by atoms with Gasteiger partial charge in [0.1, 0.15) is 11.6 Å². The molecule has 2 aromatic rings. The number of rotatable bonds is 4. The SMILES string of the molecule is CCNCc1oc2c(F)cc(F)cc2c1C(C)C. The summed E-state index contributed by atoms with van der Waals surface area (Å²) in [6, 6.07) is 2.19. The molecule has 0 amide bonds. The molecular formula is C14H17F2NO. The van der Waals surface area contributed by atoms with Gasteiger partial charge in [-0.25, -0.2) is 8.78 Å². The van der Waals surface area contributed by atoms with Gasteiger partial charge in [-0.1, -0.05) is 20.8 Å². The van der Waals surface area contributed by atoms with Crippen molar-refractivity contribution < 1.29 is 13.2 Å². The predicted octanol–water partition coefficient (Wildman–Crippen LogP) is 3.94. The molecule has 2 rings (SSSR count). The molecule has 0 aliphatic heterocycles. The zero-order valence-electron chi connectivity index (χ0n) is 10.8. The summed E-state index contributed by atoms with van der Waals surface area (Å²) in [5.74, 6) is -0.375. The van der Waals surface area contributed by atoms with E-state index in [-0.39, 0.29) is 11.5 Å². The molecular weight excluding hydrogens is 236 g/mol. The van der Waals surface area contributed by atoms with Gasteiger partial charge in [-0.05, 0) is 18.5 Å². The highest BCUT2D eigenvalue weighted by molar-refractivity contribution is 5.83. The molecule has 0 spiro atoms. The first-order valence-corrected chi connectivity index (χ1v) is 6.15. The number of hydrogen-bond donors (Lipinski definition) is 1. The van der Waals surface area contributed by atoms with Gasteiger partial charge >= 0.3 is 0 Å². The molecule has 4 heteroatoms. The zero-order valence-corrected chi connectivity index (χ0v) is 10.8. The highest BCUT2D eigenvalue weighted by atomic mass is 19.1. The van der Waals surface area contributed by atoms with Crippen molar-refractivity contribution in [2.75, 3.05) is 6.54 Å². The lowest BCUT2D eigenvalue weighted by atomic mass is 9.99. The second-order valence-electron chi connectivity index (χ2n) is 4.64. The average Bonchev–Trinajstić information content (AvgIpc) is 2.64. The Balaban J connectivity index is 2.63. The van der Waals surface area contributed by atoms with Gasteiger partial charge < -0.3 is 9.73 Å². The summed E-state index contributed by atoms with van der Waals surface area (Å²) < 4.78 is 32.5. The topological polar surface area (TPSA) is 25.2 Å². The molecule has 0 bridgehead atoms. The molecule has 1 aromatic carbocycles. The Bertz CT molecular complexity index is 560. The first kappa shape index (κ1) is 13.0. The lowest BCUT2D eigenvalue weighted by molar-refractivity contribution is 0.489. The van der Waals surface area contributed by atoms with Crippen molar-refractivity contribution in [3.63, 3.8) is 0 Å². The minimum absolute atomic E-state index is 0.146. The van der Waals surface area contributed by atoms with Crippen LogP contribution in [-0.4, -0.2) is 6.54 Å². The summed E-state index contributed by atoms with van der Waals surface area (Å²) in [6.07, 6.45) is 0. The van der Waals surface area contributed by atoms with Gasteiger partial charge in [-0.15, -0.1) is 0 Å². The number of furan rings is 1. The highest BCUT2D eigenvalue weighted by Gasteiger charge is 2.20. The van der Waals surface area contributed by atoms with Crippen molar-refractivity contribution in [1.82, 2.24) is 5.32 Å². The van der Waals surface area contributed by atoms with Crippen LogP contribution in [0.1, 0.15) is 38.0 Å². The Morgan fingerprint density at radius 3 is 2.61 bits per heavy atom. The Labute approximate surface area is 105 Å². The first-order chi connectivity index (χ1) is 8.54. The van der Waals surface area contributed by atoms with Crippen LogP contribution >= 0.6 is 0 Å². The van der Waals surface area contributed by atoms with Gasteiger partial charge in [0.25, 0.3) is 0 Å². The Kier molecular flexibility index (Phi) is 3.66. The van der Waals surface area contributed by atoms with Gasteiger partial charge in [0.05, 0.1) is 6.54 Å². The molecule has 0 saturated heterocycles. The normalized spacial score (nSPS) is 11.7. The summed E-state index contributed by atoms with van der Waals surface area (Å²) in [6.45, 7) is 7.29. The molecule has 0 aliphatic rings. The Hall–Kier alpha value is -1.42. The summed E-state index contributed by atoms with van der Waals surface area (Å²) in [5.41, 5.74) is 1.03. The number of fused-ring (bicyclic) bond motifs is 1. The van der Waals surface area contributed by atoms with E-state index in [1.54, 1.807) is 0 Å². The molecule has 0 radical (unpaired) electrons. The molecule has 18 heavy (non-hydrogen) atoms. The third-order valence-electron chi connectivity index (χ3n) is 2.94. The minimum atomic E-state index is -0.644. The molecule has 0 atom stereocenters. The van der Waals surface area contributed by atoms with Gasteiger partial charge in [-0.2, -0.15) is 0 Å². The number of nitrogens with one attached hydrogen (secondary N) is 1. The Morgan fingerprint density at radius 1 is 1.28 bits per heavy atom. The molecule has 0 fully saturated rings. The second kappa shape index (κ2) is 5.06. The van der Waals surface area contributed by atoms with E-state index in [9.17, 15) is 8.78 Å². The Morgan fingerprint density at radius 2 is 2.00 bits per heavy atom. The summed E-state index contributed by atoms with van der Waals surface area (Å²) in [7, 11) is 0. The van der Waals surface area contributed by atoms with Gasteiger partial charge in [0.2, 0.25) is 0 Å². The fraction of sp³-hybridized carbons (Fsp3) is 0.429. The van der Waals surface area contributed by atoms with Crippen LogP contribution in [-0.2, 0) is 6.54 Å². The number of benzene rings is 1. The van der Waals surface area contributed by atoms with Gasteiger partial charge in [-0.3, -0.25) is 0 Å². The van der Waals surface area contributed by atoms with E-state index >= 15 is 0 Å². The summed E-state index contributed by atoms with van der Waals surface area (Å²) >= 11 is 0. The quantitative estimate of drug-likeness (QED) is 0.892. The van der Waals surface area contributed by atoms with Crippen LogP contribution in [0.4, 0.5) is 8.78 Å². The molecule has 98 valence electrons. The standard InChI is InChI=1S/C14H17F2NO/c1-4-17-7-12-13(8(2)3)10-5-9(15)6-11(16)14(10)18-12/h5-6,8,17H,4,7H2,1-3H3. The number of halogens is 2. The van der Waals surface area contributed by atoms with Gasteiger partial charge in [0.15, 0.2) is 11.4 Å².